The summed E-state index contributed by atoms with van der Waals surface area (Å²) in [5.74, 6) is -0.275. The van der Waals surface area contributed by atoms with Gasteiger partial charge in [0, 0.05) is 18.7 Å². The maximum Gasteiger partial charge on any atom is 0.283 e. The maximum atomic E-state index is 12.6. The number of nitrogens with one attached hydrogen (secondary N) is 2. The van der Waals surface area contributed by atoms with Crippen LogP contribution in [0.25, 0.3) is 0 Å². The normalized spacial score (nSPS) is 15.5. The molecule has 1 aliphatic heterocycles. The minimum Gasteiger partial charge on any atom is -0.485 e. The van der Waals surface area contributed by atoms with Crippen molar-refractivity contribution in [2.75, 3.05) is 19.7 Å². The van der Waals surface area contributed by atoms with Gasteiger partial charge in [-0.25, -0.2) is 8.42 Å². The number of hydrogen-bond donors (Lipinski definition) is 2. The molecule has 1 aliphatic rings. The number of hydrazine groups is 1. The van der Waals surface area contributed by atoms with Crippen LogP contribution in [0.5, 0.6) is 11.5 Å². The van der Waals surface area contributed by atoms with Gasteiger partial charge in [-0.3, -0.25) is 20.4 Å². The summed E-state index contributed by atoms with van der Waals surface area (Å²) in [6, 6.07) is 12.6. The van der Waals surface area contributed by atoms with Gasteiger partial charge in [-0.1, -0.05) is 32.0 Å². The molecule has 3 rings (SSSR count). The number of fused-ring (bicyclic) bond motifs is 1. The van der Waals surface area contributed by atoms with Crippen molar-refractivity contribution in [3.63, 3.8) is 0 Å². The zero-order chi connectivity index (χ0) is 21.7. The van der Waals surface area contributed by atoms with E-state index in [2.05, 4.69) is 10.9 Å². The summed E-state index contributed by atoms with van der Waals surface area (Å²) in [6.07, 6.45) is -0.936. The minimum atomic E-state index is -3.70. The highest BCUT2D eigenvalue weighted by Gasteiger charge is 2.28. The molecule has 0 radical (unpaired) electrons. The third-order valence-corrected chi connectivity index (χ3v) is 6.59. The zero-order valence-electron chi connectivity index (χ0n) is 16.6. The summed E-state index contributed by atoms with van der Waals surface area (Å²) in [6.45, 7) is 4.11. The number of carbonyl (C=O) groups is 2. The van der Waals surface area contributed by atoms with Gasteiger partial charge in [0.25, 0.3) is 11.8 Å². The fraction of sp³-hybridized carbons (Fsp3) is 0.300. The van der Waals surface area contributed by atoms with Gasteiger partial charge in [-0.15, -0.1) is 0 Å². The molecule has 0 saturated heterocycles. The Morgan fingerprint density at radius 3 is 2.43 bits per heavy atom. The lowest BCUT2D eigenvalue weighted by molar-refractivity contribution is -0.131. The van der Waals surface area contributed by atoms with E-state index in [-0.39, 0.29) is 17.1 Å². The fourth-order valence-corrected chi connectivity index (χ4v) is 4.43. The molecule has 10 heteroatoms. The molecule has 0 aliphatic carbocycles. The van der Waals surface area contributed by atoms with Crippen molar-refractivity contribution < 1.29 is 27.5 Å². The Bertz CT molecular complexity index is 1040. The van der Waals surface area contributed by atoms with Crippen LogP contribution in [0, 0.1) is 0 Å². The molecular formula is C20H23N3O6S. The van der Waals surface area contributed by atoms with Crippen LogP contribution in [0.4, 0.5) is 0 Å². The molecule has 1 atom stereocenters. The SMILES string of the molecule is CCN(CC)S(=O)(=O)c1cccc(C(=O)NNC(=O)C2COc3ccccc3O2)c1. The number of amides is 2. The smallest absolute Gasteiger partial charge is 0.283 e. The monoisotopic (exact) mass is 433 g/mol. The molecule has 2 amide bonds. The Hall–Kier alpha value is -3.11. The van der Waals surface area contributed by atoms with Gasteiger partial charge >= 0.3 is 0 Å². The Morgan fingerprint density at radius 1 is 1.03 bits per heavy atom. The van der Waals surface area contributed by atoms with Crippen molar-refractivity contribution in [1.82, 2.24) is 15.2 Å². The molecule has 30 heavy (non-hydrogen) atoms. The van der Waals surface area contributed by atoms with E-state index in [1.807, 2.05) is 0 Å². The quantitative estimate of drug-likeness (QED) is 0.664. The number of sulfonamides is 1. The van der Waals surface area contributed by atoms with E-state index in [1.54, 1.807) is 38.1 Å². The average molecular weight is 433 g/mol. The molecule has 160 valence electrons. The second-order valence-electron chi connectivity index (χ2n) is 6.42. The first-order valence-electron chi connectivity index (χ1n) is 9.45. The summed E-state index contributed by atoms with van der Waals surface area (Å²) in [4.78, 5) is 24.7. The largest absolute Gasteiger partial charge is 0.485 e. The first kappa shape index (κ1) is 21.6. The number of para-hydroxylation sites is 2. The third-order valence-electron chi connectivity index (χ3n) is 4.54. The molecule has 1 unspecified atom stereocenters. The van der Waals surface area contributed by atoms with E-state index < -0.39 is 27.9 Å². The first-order chi connectivity index (χ1) is 14.4. The van der Waals surface area contributed by atoms with Crippen molar-refractivity contribution >= 4 is 21.8 Å². The van der Waals surface area contributed by atoms with E-state index >= 15 is 0 Å². The van der Waals surface area contributed by atoms with Gasteiger partial charge in [-0.2, -0.15) is 4.31 Å². The van der Waals surface area contributed by atoms with Gasteiger partial charge in [0.2, 0.25) is 16.1 Å². The third kappa shape index (κ3) is 4.55. The molecular weight excluding hydrogens is 410 g/mol. The highest BCUT2D eigenvalue weighted by atomic mass is 32.2. The van der Waals surface area contributed by atoms with Gasteiger partial charge in [0.1, 0.15) is 6.61 Å². The van der Waals surface area contributed by atoms with Crippen LogP contribution in [0.2, 0.25) is 0 Å². The predicted octanol–water partition coefficient (Wildman–Crippen LogP) is 1.32. The van der Waals surface area contributed by atoms with E-state index in [0.29, 0.717) is 24.6 Å². The first-order valence-corrected chi connectivity index (χ1v) is 10.9. The summed E-state index contributed by atoms with van der Waals surface area (Å²) in [5.41, 5.74) is 4.65. The van der Waals surface area contributed by atoms with Crippen LogP contribution in [0.1, 0.15) is 24.2 Å². The van der Waals surface area contributed by atoms with Crippen molar-refractivity contribution in [2.24, 2.45) is 0 Å². The zero-order valence-corrected chi connectivity index (χ0v) is 17.4. The van der Waals surface area contributed by atoms with E-state index in [4.69, 9.17) is 9.47 Å². The lowest BCUT2D eigenvalue weighted by Crippen LogP contribution is -2.50. The average Bonchev–Trinajstić information content (AvgIpc) is 2.77. The lowest BCUT2D eigenvalue weighted by atomic mass is 10.2. The highest BCUT2D eigenvalue weighted by molar-refractivity contribution is 7.89. The number of benzene rings is 2. The summed E-state index contributed by atoms with van der Waals surface area (Å²) < 4.78 is 37.6. The van der Waals surface area contributed by atoms with E-state index in [9.17, 15) is 18.0 Å². The Morgan fingerprint density at radius 2 is 1.73 bits per heavy atom. The fourth-order valence-electron chi connectivity index (χ4n) is 2.93. The van der Waals surface area contributed by atoms with Crippen molar-refractivity contribution in [3.05, 3.63) is 54.1 Å². The van der Waals surface area contributed by atoms with Crippen molar-refractivity contribution in [2.45, 2.75) is 24.8 Å². The van der Waals surface area contributed by atoms with Crippen molar-refractivity contribution in [3.8, 4) is 11.5 Å². The maximum absolute atomic E-state index is 12.6. The van der Waals surface area contributed by atoms with Crippen LogP contribution >= 0.6 is 0 Å². The molecule has 9 nitrogen and oxygen atoms in total. The van der Waals surface area contributed by atoms with Crippen LogP contribution in [-0.4, -0.2) is 50.3 Å². The Kier molecular flexibility index (Phi) is 6.58. The van der Waals surface area contributed by atoms with Gasteiger partial charge in [-0.05, 0) is 30.3 Å². The number of hydrogen-bond acceptors (Lipinski definition) is 6. The van der Waals surface area contributed by atoms with Crippen LogP contribution in [0.3, 0.4) is 0 Å². The van der Waals surface area contributed by atoms with Crippen molar-refractivity contribution in [1.29, 1.82) is 0 Å². The molecule has 2 aromatic carbocycles. The van der Waals surface area contributed by atoms with Gasteiger partial charge in [0.15, 0.2) is 11.5 Å². The molecule has 2 N–H and O–H groups in total. The Balaban J connectivity index is 1.64. The predicted molar refractivity (Wildman–Crippen MR) is 109 cm³/mol. The second kappa shape index (κ2) is 9.14. The second-order valence-corrected chi connectivity index (χ2v) is 8.36. The molecule has 0 aromatic heterocycles. The molecule has 1 heterocycles. The van der Waals surface area contributed by atoms with Crippen LogP contribution in [-0.2, 0) is 14.8 Å². The minimum absolute atomic E-state index is 0.00365. The standard InChI is InChI=1S/C20H23N3O6S/c1-3-23(4-2)30(26,27)15-9-7-8-14(12-15)19(24)21-22-20(25)18-13-28-16-10-5-6-11-17(16)29-18/h5-12,18H,3-4,13H2,1-2H3,(H,21,24)(H,22,25). The lowest BCUT2D eigenvalue weighted by Gasteiger charge is -2.25. The molecule has 0 fully saturated rings. The summed E-state index contributed by atoms with van der Waals surface area (Å²) in [5, 5.41) is 0. The molecule has 0 bridgehead atoms. The van der Waals surface area contributed by atoms with Gasteiger partial charge in [0.05, 0.1) is 4.90 Å². The highest BCUT2D eigenvalue weighted by Crippen LogP contribution is 2.30. The Labute approximate surface area is 175 Å². The van der Waals surface area contributed by atoms with Crippen LogP contribution in [0.15, 0.2) is 53.4 Å². The number of rotatable bonds is 6. The number of nitrogens with zero attached hydrogens (tertiary/aromatic N) is 1. The number of ether oxygens (including phenoxy) is 2. The summed E-state index contributed by atoms with van der Waals surface area (Å²) >= 11 is 0. The molecule has 0 spiro atoms. The topological polar surface area (TPSA) is 114 Å². The van der Waals surface area contributed by atoms with Gasteiger partial charge < -0.3 is 9.47 Å². The van der Waals surface area contributed by atoms with E-state index in [1.165, 1.54) is 28.6 Å². The number of carbonyl (C=O) groups excluding carboxylic acids is 2. The van der Waals surface area contributed by atoms with Crippen LogP contribution < -0.4 is 20.3 Å². The van der Waals surface area contributed by atoms with E-state index in [0.717, 1.165) is 0 Å². The molecule has 0 saturated carbocycles. The molecule has 2 aromatic rings. The summed E-state index contributed by atoms with van der Waals surface area (Å²) in [7, 11) is -3.70.